The minimum absolute atomic E-state index is 0.0812. The summed E-state index contributed by atoms with van der Waals surface area (Å²) in [4.78, 5) is 18.8. The predicted molar refractivity (Wildman–Crippen MR) is 119 cm³/mol. The molecule has 1 amide bonds. The lowest BCUT2D eigenvalue weighted by molar-refractivity contribution is -0.133. The fraction of sp³-hybridized carbons (Fsp3) is 0.429. The fourth-order valence-electron chi connectivity index (χ4n) is 3.82. The summed E-state index contributed by atoms with van der Waals surface area (Å²) in [5, 5.41) is 20.7. The summed E-state index contributed by atoms with van der Waals surface area (Å²) < 4.78 is 12.6. The summed E-state index contributed by atoms with van der Waals surface area (Å²) in [5.74, 6) is 1.62. The Bertz CT molecular complexity index is 1050. The third-order valence-electron chi connectivity index (χ3n) is 5.67. The predicted octanol–water partition coefficient (Wildman–Crippen LogP) is 0.0165. The molecule has 3 aromatic rings. The molecule has 0 radical (unpaired) electrons. The number of aromatic nitrogens is 6. The van der Waals surface area contributed by atoms with E-state index in [1.165, 1.54) is 0 Å². The number of hydrogen-bond donors (Lipinski definition) is 0. The Hall–Kier alpha value is -3.80. The van der Waals surface area contributed by atoms with Gasteiger partial charge in [0, 0.05) is 63.8 Å². The molecule has 0 bridgehead atoms. The van der Waals surface area contributed by atoms with E-state index in [0.717, 1.165) is 37.8 Å². The maximum atomic E-state index is 12.6. The van der Waals surface area contributed by atoms with Gasteiger partial charge < -0.3 is 24.2 Å². The molecule has 2 aliphatic heterocycles. The van der Waals surface area contributed by atoms with Crippen LogP contribution in [0.1, 0.15) is 0 Å². The minimum Gasteiger partial charge on any atom is -0.466 e. The third-order valence-corrected chi connectivity index (χ3v) is 5.67. The van der Waals surface area contributed by atoms with Gasteiger partial charge in [0.15, 0.2) is 18.2 Å². The van der Waals surface area contributed by atoms with Crippen molar-refractivity contribution in [2.24, 2.45) is 0 Å². The van der Waals surface area contributed by atoms with Gasteiger partial charge in [-0.25, -0.2) is 4.68 Å². The molecule has 5 rings (SSSR count). The third kappa shape index (κ3) is 5.00. The highest BCUT2D eigenvalue weighted by molar-refractivity contribution is 5.78. The van der Waals surface area contributed by atoms with Crippen molar-refractivity contribution < 1.29 is 14.3 Å². The molecule has 12 heteroatoms. The van der Waals surface area contributed by atoms with Gasteiger partial charge >= 0.3 is 0 Å². The van der Waals surface area contributed by atoms with Crippen LogP contribution in [0.3, 0.4) is 0 Å². The Kier molecular flexibility index (Phi) is 6.24. The summed E-state index contributed by atoms with van der Waals surface area (Å²) in [6.07, 6.45) is 5.23. The highest BCUT2D eigenvalue weighted by Crippen LogP contribution is 2.21. The first-order chi connectivity index (χ1) is 16.3. The zero-order chi connectivity index (χ0) is 22.5. The zero-order valence-corrected chi connectivity index (χ0v) is 18.2. The SMILES string of the molecule is O=C(COc1ccc(-n2cccn2)nn1)N1CCN(c2cc(N3CCOCC3)cnn2)CC1. The van der Waals surface area contributed by atoms with Crippen molar-refractivity contribution in [1.82, 2.24) is 35.1 Å². The molecule has 5 heterocycles. The van der Waals surface area contributed by atoms with Gasteiger partial charge in [-0.3, -0.25) is 4.79 Å². The minimum atomic E-state index is -0.0826. The van der Waals surface area contributed by atoms with Gasteiger partial charge in [0.1, 0.15) is 0 Å². The van der Waals surface area contributed by atoms with Crippen LogP contribution in [-0.4, -0.2) is 100 Å². The highest BCUT2D eigenvalue weighted by atomic mass is 16.5. The number of rotatable bonds is 6. The molecule has 0 saturated carbocycles. The maximum Gasteiger partial charge on any atom is 0.260 e. The first-order valence-corrected chi connectivity index (χ1v) is 10.9. The normalized spacial score (nSPS) is 16.7. The molecule has 0 unspecified atom stereocenters. The van der Waals surface area contributed by atoms with Crippen LogP contribution in [0.4, 0.5) is 11.5 Å². The first-order valence-electron chi connectivity index (χ1n) is 10.9. The van der Waals surface area contributed by atoms with Gasteiger partial charge in [-0.05, 0) is 12.1 Å². The van der Waals surface area contributed by atoms with Crippen LogP contribution in [0, 0.1) is 0 Å². The van der Waals surface area contributed by atoms with Crippen LogP contribution in [0.2, 0.25) is 0 Å². The lowest BCUT2D eigenvalue weighted by Gasteiger charge is -2.35. The Morgan fingerprint density at radius 3 is 2.55 bits per heavy atom. The van der Waals surface area contributed by atoms with Crippen molar-refractivity contribution in [1.29, 1.82) is 0 Å². The molecule has 2 aliphatic rings. The maximum absolute atomic E-state index is 12.6. The lowest BCUT2D eigenvalue weighted by Crippen LogP contribution is -2.50. The van der Waals surface area contributed by atoms with E-state index in [0.29, 0.717) is 37.9 Å². The van der Waals surface area contributed by atoms with E-state index in [2.05, 4.69) is 41.4 Å². The summed E-state index contributed by atoms with van der Waals surface area (Å²) in [6, 6.07) is 7.28. The van der Waals surface area contributed by atoms with Gasteiger partial charge in [0.25, 0.3) is 5.91 Å². The second-order valence-corrected chi connectivity index (χ2v) is 7.71. The number of amides is 1. The number of carbonyl (C=O) groups excluding carboxylic acids is 1. The van der Waals surface area contributed by atoms with Crippen LogP contribution < -0.4 is 14.5 Å². The largest absolute Gasteiger partial charge is 0.466 e. The van der Waals surface area contributed by atoms with Crippen molar-refractivity contribution in [3.05, 3.63) is 42.9 Å². The molecule has 0 N–H and O–H groups in total. The van der Waals surface area contributed by atoms with E-state index >= 15 is 0 Å². The molecule has 12 nitrogen and oxygen atoms in total. The molecule has 0 atom stereocenters. The van der Waals surface area contributed by atoms with Gasteiger partial charge in [-0.15, -0.1) is 15.3 Å². The highest BCUT2D eigenvalue weighted by Gasteiger charge is 2.23. The smallest absolute Gasteiger partial charge is 0.260 e. The standard InChI is InChI=1S/C21H25N9O3/c31-21(16-33-20-3-2-18(25-26-20)30-5-1-4-23-30)29-8-6-28(7-9-29)19-14-17(15-22-24-19)27-10-12-32-13-11-27/h1-5,14-15H,6-13,16H2. The molecular formula is C21H25N9O3. The molecule has 2 saturated heterocycles. The number of piperazine rings is 1. The van der Waals surface area contributed by atoms with Crippen molar-refractivity contribution >= 4 is 17.4 Å². The number of morpholine rings is 1. The van der Waals surface area contributed by atoms with Crippen LogP contribution >= 0.6 is 0 Å². The molecule has 33 heavy (non-hydrogen) atoms. The zero-order valence-electron chi connectivity index (χ0n) is 18.2. The average molecular weight is 451 g/mol. The van der Waals surface area contributed by atoms with E-state index in [9.17, 15) is 4.79 Å². The van der Waals surface area contributed by atoms with E-state index < -0.39 is 0 Å². The Morgan fingerprint density at radius 2 is 1.82 bits per heavy atom. The monoisotopic (exact) mass is 451 g/mol. The molecule has 2 fully saturated rings. The van der Waals surface area contributed by atoms with Gasteiger partial charge in [-0.2, -0.15) is 10.2 Å². The fourth-order valence-corrected chi connectivity index (χ4v) is 3.82. The summed E-state index contributed by atoms with van der Waals surface area (Å²) in [6.45, 7) is 5.62. The van der Waals surface area contributed by atoms with Crippen molar-refractivity contribution in [3.8, 4) is 11.7 Å². The Labute approximate surface area is 190 Å². The van der Waals surface area contributed by atoms with Crippen molar-refractivity contribution in [2.75, 3.05) is 68.9 Å². The summed E-state index contributed by atoms with van der Waals surface area (Å²) in [5.41, 5.74) is 1.05. The molecule has 0 aliphatic carbocycles. The molecule has 0 spiro atoms. The lowest BCUT2D eigenvalue weighted by atomic mass is 10.3. The molecule has 172 valence electrons. The van der Waals surface area contributed by atoms with Crippen molar-refractivity contribution in [2.45, 2.75) is 0 Å². The van der Waals surface area contributed by atoms with Gasteiger partial charge in [0.2, 0.25) is 5.88 Å². The summed E-state index contributed by atoms with van der Waals surface area (Å²) in [7, 11) is 0. The van der Waals surface area contributed by atoms with Crippen LogP contribution in [0.5, 0.6) is 5.88 Å². The van der Waals surface area contributed by atoms with E-state index in [1.807, 2.05) is 0 Å². The number of nitrogens with zero attached hydrogens (tertiary/aromatic N) is 9. The van der Waals surface area contributed by atoms with Crippen LogP contribution in [0.25, 0.3) is 5.82 Å². The number of anilines is 2. The second kappa shape index (κ2) is 9.77. The molecule has 0 aromatic carbocycles. The van der Waals surface area contributed by atoms with Gasteiger partial charge in [-0.1, -0.05) is 0 Å². The van der Waals surface area contributed by atoms with E-state index in [-0.39, 0.29) is 12.5 Å². The van der Waals surface area contributed by atoms with Crippen LogP contribution in [-0.2, 0) is 9.53 Å². The molecule has 3 aromatic heterocycles. The van der Waals surface area contributed by atoms with Crippen molar-refractivity contribution in [3.63, 3.8) is 0 Å². The number of carbonyl (C=O) groups is 1. The quantitative estimate of drug-likeness (QED) is 0.508. The average Bonchev–Trinajstić information content (AvgIpc) is 3.43. The van der Waals surface area contributed by atoms with E-state index in [4.69, 9.17) is 9.47 Å². The van der Waals surface area contributed by atoms with Gasteiger partial charge in [0.05, 0.1) is 25.1 Å². The van der Waals surface area contributed by atoms with E-state index in [1.54, 1.807) is 46.4 Å². The Morgan fingerprint density at radius 1 is 0.970 bits per heavy atom. The van der Waals surface area contributed by atoms with Crippen LogP contribution in [0.15, 0.2) is 42.9 Å². The second-order valence-electron chi connectivity index (χ2n) is 7.71. The number of hydrogen-bond acceptors (Lipinski definition) is 10. The number of ether oxygens (including phenoxy) is 2. The molecular weight excluding hydrogens is 426 g/mol. The Balaban J connectivity index is 1.11. The first kappa shape index (κ1) is 21.1. The summed E-state index contributed by atoms with van der Waals surface area (Å²) >= 11 is 0. The topological polar surface area (TPSA) is 115 Å².